The Labute approximate surface area is 178 Å². The summed E-state index contributed by atoms with van der Waals surface area (Å²) < 4.78 is 2.02. The zero-order valence-corrected chi connectivity index (χ0v) is 17.6. The average Bonchev–Trinajstić information content (AvgIpc) is 3.06. The highest BCUT2D eigenvalue weighted by atomic mass is 35.5. The van der Waals surface area contributed by atoms with E-state index < -0.39 is 5.91 Å². The zero-order chi connectivity index (χ0) is 21.4. The lowest BCUT2D eigenvalue weighted by Crippen LogP contribution is -2.40. The number of nitrogens with one attached hydrogen (secondary N) is 2. The van der Waals surface area contributed by atoms with Crippen LogP contribution in [0.25, 0.3) is 5.69 Å². The maximum atomic E-state index is 12.5. The van der Waals surface area contributed by atoms with Gasteiger partial charge in [-0.15, -0.1) is 10.2 Å². The number of carbonyl (C=O) groups excluding carboxylic acids is 2. The fourth-order valence-electron chi connectivity index (χ4n) is 3.60. The van der Waals surface area contributed by atoms with Crippen molar-refractivity contribution in [2.75, 3.05) is 11.4 Å². The Hall–Kier alpha value is -3.39. The number of hydrogen-bond acceptors (Lipinski definition) is 5. The van der Waals surface area contributed by atoms with Gasteiger partial charge in [-0.25, -0.2) is 0 Å². The maximum absolute atomic E-state index is 12.5. The minimum atomic E-state index is -0.401. The Morgan fingerprint density at radius 1 is 1.07 bits per heavy atom. The number of carbonyl (C=O) groups is 2. The van der Waals surface area contributed by atoms with Gasteiger partial charge in [-0.1, -0.05) is 18.5 Å². The second-order valence-corrected chi connectivity index (χ2v) is 7.70. The number of fused-ring (bicyclic) bond motifs is 3. The summed E-state index contributed by atoms with van der Waals surface area (Å²) in [4.78, 5) is 25.8. The summed E-state index contributed by atoms with van der Waals surface area (Å²) in [6.07, 6.45) is 0. The summed E-state index contributed by atoms with van der Waals surface area (Å²) in [5, 5.41) is 9.29. The van der Waals surface area contributed by atoms with E-state index in [0.29, 0.717) is 17.1 Å². The Morgan fingerprint density at radius 2 is 1.80 bits per heavy atom. The Bertz CT molecular complexity index is 1130. The lowest BCUT2D eigenvalue weighted by molar-refractivity contribution is -0.119. The van der Waals surface area contributed by atoms with Crippen molar-refractivity contribution in [3.8, 4) is 5.69 Å². The van der Waals surface area contributed by atoms with E-state index in [0.717, 1.165) is 28.7 Å². The number of aromatic nitrogens is 3. The number of benzene rings is 2. The molecule has 0 bridgehead atoms. The topological polar surface area (TPSA) is 92.2 Å². The Morgan fingerprint density at radius 3 is 2.50 bits per heavy atom. The SMILES string of the molecule is CC(=O)NNC(=O)c1ccc2c(c1)N(c1ccc(Cl)cc1)C[C@@H](C)c1nnc(C)n1-2. The first kappa shape index (κ1) is 19.9. The molecule has 0 saturated carbocycles. The Kier molecular flexibility index (Phi) is 5.17. The van der Waals surface area contributed by atoms with Crippen molar-refractivity contribution in [2.24, 2.45) is 0 Å². The standard InChI is InChI=1S/C21H21ClN6O2/c1-12-11-27(17-7-5-16(22)6-8-17)19-10-15(21(30)26-24-14(3)29)4-9-18(19)28-13(2)23-25-20(12)28/h4-10,12H,11H2,1-3H3,(H,24,29)(H,26,30)/t12-/m1/s1. The van der Waals surface area contributed by atoms with Gasteiger partial charge < -0.3 is 4.90 Å². The van der Waals surface area contributed by atoms with Crippen molar-refractivity contribution in [3.63, 3.8) is 0 Å². The first-order valence-corrected chi connectivity index (χ1v) is 9.89. The number of aryl methyl sites for hydroxylation is 1. The van der Waals surface area contributed by atoms with Crippen LogP contribution in [0.1, 0.15) is 41.8 Å². The number of anilines is 2. The van der Waals surface area contributed by atoms with Crippen molar-refractivity contribution in [1.82, 2.24) is 25.6 Å². The second-order valence-electron chi connectivity index (χ2n) is 7.27. The molecule has 8 nitrogen and oxygen atoms in total. The fourth-order valence-corrected chi connectivity index (χ4v) is 3.73. The molecule has 154 valence electrons. The molecule has 2 amide bonds. The van der Waals surface area contributed by atoms with Gasteiger partial charge >= 0.3 is 0 Å². The summed E-state index contributed by atoms with van der Waals surface area (Å²) in [5.41, 5.74) is 7.81. The molecule has 9 heteroatoms. The van der Waals surface area contributed by atoms with Crippen molar-refractivity contribution < 1.29 is 9.59 Å². The van der Waals surface area contributed by atoms with E-state index in [2.05, 4.69) is 32.9 Å². The molecule has 0 unspecified atom stereocenters. The highest BCUT2D eigenvalue weighted by Gasteiger charge is 2.29. The fraction of sp³-hybridized carbons (Fsp3) is 0.238. The molecular weight excluding hydrogens is 404 g/mol. The summed E-state index contributed by atoms with van der Waals surface area (Å²) >= 11 is 6.09. The molecule has 30 heavy (non-hydrogen) atoms. The smallest absolute Gasteiger partial charge is 0.269 e. The van der Waals surface area contributed by atoms with Crippen LogP contribution in [0.2, 0.25) is 5.02 Å². The third-order valence-electron chi connectivity index (χ3n) is 5.01. The first-order chi connectivity index (χ1) is 14.3. The van der Waals surface area contributed by atoms with E-state index in [-0.39, 0.29) is 11.8 Å². The molecular formula is C21H21ClN6O2. The van der Waals surface area contributed by atoms with Gasteiger partial charge in [0.25, 0.3) is 5.91 Å². The summed E-state index contributed by atoms with van der Waals surface area (Å²) in [5.74, 6) is 0.972. The van der Waals surface area contributed by atoms with Gasteiger partial charge in [-0.3, -0.25) is 25.0 Å². The normalized spacial score (nSPS) is 15.1. The van der Waals surface area contributed by atoms with Gasteiger partial charge in [-0.2, -0.15) is 0 Å². The Balaban J connectivity index is 1.86. The van der Waals surface area contributed by atoms with Gasteiger partial charge in [0.2, 0.25) is 5.91 Å². The summed E-state index contributed by atoms with van der Waals surface area (Å²) in [6, 6.07) is 13.0. The molecule has 2 aromatic carbocycles. The van der Waals surface area contributed by atoms with Crippen molar-refractivity contribution in [3.05, 3.63) is 64.7 Å². The minimum Gasteiger partial charge on any atom is -0.339 e. The lowest BCUT2D eigenvalue weighted by Gasteiger charge is -2.27. The number of hydrogen-bond donors (Lipinski definition) is 2. The molecule has 1 atom stereocenters. The molecule has 0 saturated heterocycles. The van der Waals surface area contributed by atoms with Crippen LogP contribution in [0.15, 0.2) is 42.5 Å². The molecule has 0 radical (unpaired) electrons. The lowest BCUT2D eigenvalue weighted by atomic mass is 10.1. The van der Waals surface area contributed by atoms with Gasteiger partial charge in [0.05, 0.1) is 11.4 Å². The largest absolute Gasteiger partial charge is 0.339 e. The van der Waals surface area contributed by atoms with Crippen LogP contribution in [0.4, 0.5) is 11.4 Å². The van der Waals surface area contributed by atoms with Gasteiger partial charge in [-0.05, 0) is 49.4 Å². The van der Waals surface area contributed by atoms with Crippen LogP contribution in [0, 0.1) is 6.92 Å². The number of halogens is 1. The number of nitrogens with zero attached hydrogens (tertiary/aromatic N) is 4. The van der Waals surface area contributed by atoms with Crippen LogP contribution in [-0.2, 0) is 4.79 Å². The van der Waals surface area contributed by atoms with Crippen LogP contribution in [0.3, 0.4) is 0 Å². The van der Waals surface area contributed by atoms with Gasteiger partial charge in [0, 0.05) is 35.7 Å². The monoisotopic (exact) mass is 424 g/mol. The third kappa shape index (κ3) is 3.61. The number of amides is 2. The summed E-state index contributed by atoms with van der Waals surface area (Å²) in [6.45, 7) is 5.97. The molecule has 0 fully saturated rings. The van der Waals surface area contributed by atoms with Crippen LogP contribution < -0.4 is 15.8 Å². The zero-order valence-electron chi connectivity index (χ0n) is 16.8. The summed E-state index contributed by atoms with van der Waals surface area (Å²) in [7, 11) is 0. The molecule has 2 heterocycles. The van der Waals surface area contributed by atoms with E-state index in [1.165, 1.54) is 6.92 Å². The number of hydrazine groups is 1. The van der Waals surface area contributed by atoms with E-state index in [1.54, 1.807) is 6.07 Å². The number of rotatable bonds is 2. The van der Waals surface area contributed by atoms with E-state index in [4.69, 9.17) is 11.6 Å². The van der Waals surface area contributed by atoms with Crippen LogP contribution >= 0.6 is 11.6 Å². The quantitative estimate of drug-likeness (QED) is 0.616. The van der Waals surface area contributed by atoms with Crippen LogP contribution in [0.5, 0.6) is 0 Å². The van der Waals surface area contributed by atoms with Crippen molar-refractivity contribution in [2.45, 2.75) is 26.7 Å². The van der Waals surface area contributed by atoms with E-state index >= 15 is 0 Å². The van der Waals surface area contributed by atoms with E-state index in [9.17, 15) is 9.59 Å². The van der Waals surface area contributed by atoms with Gasteiger partial charge in [0.15, 0.2) is 0 Å². The molecule has 1 aromatic heterocycles. The predicted molar refractivity (Wildman–Crippen MR) is 114 cm³/mol. The average molecular weight is 425 g/mol. The molecule has 2 N–H and O–H groups in total. The van der Waals surface area contributed by atoms with Crippen molar-refractivity contribution in [1.29, 1.82) is 0 Å². The first-order valence-electron chi connectivity index (χ1n) is 9.51. The second kappa shape index (κ2) is 7.79. The highest BCUT2D eigenvalue weighted by Crippen LogP contribution is 2.38. The molecule has 0 spiro atoms. The molecule has 3 aromatic rings. The minimum absolute atomic E-state index is 0.0888. The molecule has 1 aliphatic heterocycles. The molecule has 4 rings (SSSR count). The predicted octanol–water partition coefficient (Wildman–Crippen LogP) is 3.27. The van der Waals surface area contributed by atoms with E-state index in [1.807, 2.05) is 47.9 Å². The molecule has 0 aliphatic carbocycles. The maximum Gasteiger partial charge on any atom is 0.269 e. The third-order valence-corrected chi connectivity index (χ3v) is 5.26. The van der Waals surface area contributed by atoms with Crippen molar-refractivity contribution >= 4 is 34.8 Å². The van der Waals surface area contributed by atoms with Crippen LogP contribution in [-0.4, -0.2) is 33.1 Å². The highest BCUT2D eigenvalue weighted by molar-refractivity contribution is 6.30. The molecule has 1 aliphatic rings. The van der Waals surface area contributed by atoms with Gasteiger partial charge in [0.1, 0.15) is 11.6 Å².